The first-order chi connectivity index (χ1) is 10.6. The van der Waals surface area contributed by atoms with Crippen LogP contribution in [-0.2, 0) is 4.79 Å². The molecule has 1 aliphatic heterocycles. The molecule has 0 aliphatic carbocycles. The van der Waals surface area contributed by atoms with Gasteiger partial charge in [-0.2, -0.15) is 0 Å². The van der Waals surface area contributed by atoms with E-state index in [1.807, 2.05) is 6.07 Å². The van der Waals surface area contributed by atoms with Crippen molar-refractivity contribution in [3.05, 3.63) is 35.5 Å². The molecule has 1 atom stereocenters. The maximum Gasteiger partial charge on any atom is 0.217 e. The summed E-state index contributed by atoms with van der Waals surface area (Å²) in [5.41, 5.74) is 4.64. The van der Waals surface area contributed by atoms with Crippen LogP contribution < -0.4 is 10.2 Å². The molecule has 2 aromatic rings. The molecule has 1 amide bonds. The first-order valence-corrected chi connectivity index (χ1v) is 7.94. The van der Waals surface area contributed by atoms with E-state index < -0.39 is 0 Å². The average molecular weight is 297 g/mol. The summed E-state index contributed by atoms with van der Waals surface area (Å²) in [6.45, 7) is 7.71. The summed E-state index contributed by atoms with van der Waals surface area (Å²) in [7, 11) is 0. The van der Waals surface area contributed by atoms with Crippen molar-refractivity contribution >= 4 is 22.5 Å². The van der Waals surface area contributed by atoms with Gasteiger partial charge in [-0.3, -0.25) is 9.78 Å². The number of amides is 1. The third-order valence-electron chi connectivity index (χ3n) is 4.49. The zero-order valence-corrected chi connectivity index (χ0v) is 13.5. The SMILES string of the molecule is CC(=O)N[C@@H]1CCCN(c2c(C)c(C)nc3ccccc23)C1. The lowest BCUT2D eigenvalue weighted by atomic mass is 10.0. The second-order valence-electron chi connectivity index (χ2n) is 6.17. The molecule has 1 saturated heterocycles. The number of nitrogens with zero attached hydrogens (tertiary/aromatic N) is 2. The van der Waals surface area contributed by atoms with Crippen LogP contribution in [0.2, 0.25) is 0 Å². The molecule has 1 aromatic heterocycles. The van der Waals surface area contributed by atoms with E-state index in [4.69, 9.17) is 4.98 Å². The van der Waals surface area contributed by atoms with Crippen LogP contribution in [0.4, 0.5) is 5.69 Å². The number of carbonyl (C=O) groups excluding carboxylic acids is 1. The van der Waals surface area contributed by atoms with Crippen molar-refractivity contribution in [3.63, 3.8) is 0 Å². The van der Waals surface area contributed by atoms with Crippen molar-refractivity contribution in [1.82, 2.24) is 10.3 Å². The number of aromatic nitrogens is 1. The summed E-state index contributed by atoms with van der Waals surface area (Å²) in [6.07, 6.45) is 2.15. The molecule has 0 radical (unpaired) electrons. The number of rotatable bonds is 2. The summed E-state index contributed by atoms with van der Waals surface area (Å²) < 4.78 is 0. The van der Waals surface area contributed by atoms with E-state index in [1.165, 1.54) is 16.6 Å². The Balaban J connectivity index is 2.01. The van der Waals surface area contributed by atoms with Gasteiger partial charge in [-0.1, -0.05) is 18.2 Å². The highest BCUT2D eigenvalue weighted by atomic mass is 16.1. The predicted molar refractivity (Wildman–Crippen MR) is 90.3 cm³/mol. The van der Waals surface area contributed by atoms with Crippen LogP contribution in [0.25, 0.3) is 10.9 Å². The molecule has 0 unspecified atom stereocenters. The highest BCUT2D eigenvalue weighted by Gasteiger charge is 2.23. The van der Waals surface area contributed by atoms with Gasteiger partial charge in [0.15, 0.2) is 0 Å². The minimum absolute atomic E-state index is 0.0549. The lowest BCUT2D eigenvalue weighted by Crippen LogP contribution is -2.47. The normalized spacial score (nSPS) is 18.5. The Labute approximate surface area is 131 Å². The predicted octanol–water partition coefficient (Wildman–Crippen LogP) is 2.96. The maximum absolute atomic E-state index is 11.3. The van der Waals surface area contributed by atoms with E-state index >= 15 is 0 Å². The van der Waals surface area contributed by atoms with Crippen LogP contribution in [-0.4, -0.2) is 30.0 Å². The highest BCUT2D eigenvalue weighted by molar-refractivity contribution is 5.94. The molecule has 1 fully saturated rings. The Bertz CT molecular complexity index is 711. The van der Waals surface area contributed by atoms with Crippen LogP contribution in [0.5, 0.6) is 0 Å². The van der Waals surface area contributed by atoms with E-state index in [1.54, 1.807) is 6.92 Å². The van der Waals surface area contributed by atoms with Crippen LogP contribution >= 0.6 is 0 Å². The molecule has 2 heterocycles. The Morgan fingerprint density at radius 2 is 2.09 bits per heavy atom. The second-order valence-corrected chi connectivity index (χ2v) is 6.17. The summed E-state index contributed by atoms with van der Waals surface area (Å²) in [4.78, 5) is 18.5. The fourth-order valence-electron chi connectivity index (χ4n) is 3.40. The molecule has 4 nitrogen and oxygen atoms in total. The highest BCUT2D eigenvalue weighted by Crippen LogP contribution is 2.32. The number of nitrogens with one attached hydrogen (secondary N) is 1. The minimum Gasteiger partial charge on any atom is -0.369 e. The quantitative estimate of drug-likeness (QED) is 0.927. The molecule has 22 heavy (non-hydrogen) atoms. The summed E-state index contributed by atoms with van der Waals surface area (Å²) >= 11 is 0. The number of hydrogen-bond acceptors (Lipinski definition) is 3. The Morgan fingerprint density at radius 3 is 2.86 bits per heavy atom. The maximum atomic E-state index is 11.3. The van der Waals surface area contributed by atoms with E-state index in [2.05, 4.69) is 42.3 Å². The van der Waals surface area contributed by atoms with Gasteiger partial charge in [-0.25, -0.2) is 0 Å². The Hall–Kier alpha value is -2.10. The molecule has 3 rings (SSSR count). The molecular weight excluding hydrogens is 274 g/mol. The number of para-hydroxylation sites is 1. The minimum atomic E-state index is 0.0549. The topological polar surface area (TPSA) is 45.2 Å². The lowest BCUT2D eigenvalue weighted by molar-refractivity contribution is -0.119. The number of benzene rings is 1. The third-order valence-corrected chi connectivity index (χ3v) is 4.49. The zero-order valence-electron chi connectivity index (χ0n) is 13.5. The monoisotopic (exact) mass is 297 g/mol. The van der Waals surface area contributed by atoms with Crippen LogP contribution in [0.3, 0.4) is 0 Å². The van der Waals surface area contributed by atoms with Gasteiger partial charge in [0.1, 0.15) is 0 Å². The number of carbonyl (C=O) groups is 1. The number of pyridine rings is 1. The standard InChI is InChI=1S/C18H23N3O/c1-12-13(2)19-17-9-5-4-8-16(17)18(12)21-10-6-7-15(11-21)20-14(3)22/h4-5,8-9,15H,6-7,10-11H2,1-3H3,(H,20,22)/t15-/m1/s1. The van der Waals surface area contributed by atoms with E-state index in [-0.39, 0.29) is 11.9 Å². The average Bonchev–Trinajstić information content (AvgIpc) is 2.48. The number of aryl methyl sites for hydroxylation is 1. The lowest BCUT2D eigenvalue weighted by Gasteiger charge is -2.36. The van der Waals surface area contributed by atoms with Crippen molar-refractivity contribution in [2.75, 3.05) is 18.0 Å². The smallest absolute Gasteiger partial charge is 0.217 e. The second kappa shape index (κ2) is 5.95. The van der Waals surface area contributed by atoms with E-state index in [0.717, 1.165) is 37.1 Å². The fourth-order valence-corrected chi connectivity index (χ4v) is 3.40. The molecule has 4 heteroatoms. The van der Waals surface area contributed by atoms with Crippen LogP contribution in [0, 0.1) is 13.8 Å². The number of fused-ring (bicyclic) bond motifs is 1. The van der Waals surface area contributed by atoms with Crippen molar-refractivity contribution in [2.45, 2.75) is 39.7 Å². The van der Waals surface area contributed by atoms with Gasteiger partial charge < -0.3 is 10.2 Å². The van der Waals surface area contributed by atoms with E-state index in [0.29, 0.717) is 0 Å². The fraction of sp³-hybridized carbons (Fsp3) is 0.444. The molecule has 0 spiro atoms. The van der Waals surface area contributed by atoms with Crippen LogP contribution in [0.15, 0.2) is 24.3 Å². The third kappa shape index (κ3) is 2.78. The number of hydrogen-bond donors (Lipinski definition) is 1. The Morgan fingerprint density at radius 1 is 1.32 bits per heavy atom. The van der Waals surface area contributed by atoms with Crippen molar-refractivity contribution < 1.29 is 4.79 Å². The summed E-state index contributed by atoms with van der Waals surface area (Å²) in [5.74, 6) is 0.0549. The van der Waals surface area contributed by atoms with Crippen molar-refractivity contribution in [3.8, 4) is 0 Å². The van der Waals surface area contributed by atoms with Crippen molar-refractivity contribution in [1.29, 1.82) is 0 Å². The van der Waals surface area contributed by atoms with Crippen molar-refractivity contribution in [2.24, 2.45) is 0 Å². The molecule has 1 N–H and O–H groups in total. The van der Waals surface area contributed by atoms with Gasteiger partial charge in [-0.15, -0.1) is 0 Å². The largest absolute Gasteiger partial charge is 0.369 e. The van der Waals surface area contributed by atoms with E-state index in [9.17, 15) is 4.79 Å². The van der Waals surface area contributed by atoms with Gasteiger partial charge in [0.05, 0.1) is 11.2 Å². The van der Waals surface area contributed by atoms with Gasteiger partial charge >= 0.3 is 0 Å². The van der Waals surface area contributed by atoms with Gasteiger partial charge in [0, 0.05) is 37.1 Å². The molecule has 1 aromatic carbocycles. The summed E-state index contributed by atoms with van der Waals surface area (Å²) in [6, 6.07) is 8.55. The molecule has 116 valence electrons. The number of anilines is 1. The first-order valence-electron chi connectivity index (χ1n) is 7.94. The molecule has 0 saturated carbocycles. The van der Waals surface area contributed by atoms with Crippen LogP contribution in [0.1, 0.15) is 31.0 Å². The molecular formula is C18H23N3O. The van der Waals surface area contributed by atoms with Gasteiger partial charge in [0.2, 0.25) is 5.91 Å². The number of piperidine rings is 1. The zero-order chi connectivity index (χ0) is 15.7. The molecule has 1 aliphatic rings. The summed E-state index contributed by atoms with van der Waals surface area (Å²) in [5, 5.41) is 4.27. The Kier molecular flexibility index (Phi) is 4.01. The van der Waals surface area contributed by atoms with Gasteiger partial charge in [0.25, 0.3) is 0 Å². The first kappa shape index (κ1) is 14.8. The van der Waals surface area contributed by atoms with Gasteiger partial charge in [-0.05, 0) is 38.3 Å². The molecule has 0 bridgehead atoms.